The van der Waals surface area contributed by atoms with Crippen LogP contribution in [0.1, 0.15) is 20.9 Å². The largest absolute Gasteiger partial charge is 0.440 e. The van der Waals surface area contributed by atoms with Crippen molar-refractivity contribution in [1.29, 1.82) is 0 Å². The Bertz CT molecular complexity index is 590. The van der Waals surface area contributed by atoms with E-state index in [0.717, 1.165) is 0 Å². The molecule has 0 radical (unpaired) electrons. The molecule has 5 nitrogen and oxygen atoms in total. The highest BCUT2D eigenvalue weighted by Crippen LogP contribution is 2.15. The van der Waals surface area contributed by atoms with Gasteiger partial charge >= 0.3 is 0 Å². The minimum Gasteiger partial charge on any atom is -0.440 e. The van der Waals surface area contributed by atoms with Crippen molar-refractivity contribution in [3.05, 3.63) is 52.9 Å². The number of halogens is 1. The second-order valence-corrected chi connectivity index (χ2v) is 3.87. The molecule has 1 heterocycles. The van der Waals surface area contributed by atoms with Gasteiger partial charge < -0.3 is 15.5 Å². The Morgan fingerprint density at radius 2 is 1.78 bits per heavy atom. The SMILES string of the molecule is NC(=O)c1ccc(NC(=O)c2ccc(Cl)o2)cc1. The third-order valence-corrected chi connectivity index (χ3v) is 2.43. The van der Waals surface area contributed by atoms with Gasteiger partial charge in [0.15, 0.2) is 11.0 Å². The van der Waals surface area contributed by atoms with Crippen molar-refractivity contribution in [3.8, 4) is 0 Å². The van der Waals surface area contributed by atoms with Crippen LogP contribution in [0.3, 0.4) is 0 Å². The number of hydrogen-bond donors (Lipinski definition) is 2. The number of rotatable bonds is 3. The van der Waals surface area contributed by atoms with Crippen LogP contribution < -0.4 is 11.1 Å². The molecule has 18 heavy (non-hydrogen) atoms. The molecule has 0 saturated carbocycles. The summed E-state index contributed by atoms with van der Waals surface area (Å²) in [6.07, 6.45) is 0. The van der Waals surface area contributed by atoms with Crippen LogP contribution in [0.5, 0.6) is 0 Å². The molecular formula is C12H9ClN2O3. The maximum absolute atomic E-state index is 11.7. The molecule has 1 aromatic heterocycles. The fourth-order valence-corrected chi connectivity index (χ4v) is 1.49. The number of nitrogens with two attached hydrogens (primary N) is 1. The van der Waals surface area contributed by atoms with E-state index in [0.29, 0.717) is 11.3 Å². The minimum absolute atomic E-state index is 0.110. The van der Waals surface area contributed by atoms with Gasteiger partial charge in [-0.15, -0.1) is 0 Å². The van der Waals surface area contributed by atoms with E-state index in [2.05, 4.69) is 5.32 Å². The second kappa shape index (κ2) is 4.93. The maximum Gasteiger partial charge on any atom is 0.291 e. The summed E-state index contributed by atoms with van der Waals surface area (Å²) in [6, 6.07) is 9.13. The fraction of sp³-hybridized carbons (Fsp3) is 0. The first-order valence-corrected chi connectivity index (χ1v) is 5.40. The Labute approximate surface area is 108 Å². The summed E-state index contributed by atoms with van der Waals surface area (Å²) < 4.78 is 4.96. The standard InChI is InChI=1S/C12H9ClN2O3/c13-10-6-5-9(18-10)12(17)15-8-3-1-7(2-4-8)11(14)16/h1-6H,(H2,14,16)(H,15,17). The molecule has 2 rings (SSSR count). The zero-order valence-electron chi connectivity index (χ0n) is 9.14. The van der Waals surface area contributed by atoms with Crippen LogP contribution in [0, 0.1) is 0 Å². The van der Waals surface area contributed by atoms with E-state index in [4.69, 9.17) is 21.8 Å². The van der Waals surface area contributed by atoms with Crippen LogP contribution >= 0.6 is 11.6 Å². The molecule has 0 bridgehead atoms. The predicted octanol–water partition coefficient (Wildman–Crippen LogP) is 2.28. The minimum atomic E-state index is -0.523. The summed E-state index contributed by atoms with van der Waals surface area (Å²) in [5.74, 6) is -0.835. The van der Waals surface area contributed by atoms with E-state index in [-0.39, 0.29) is 11.0 Å². The number of amides is 2. The molecular weight excluding hydrogens is 256 g/mol. The van der Waals surface area contributed by atoms with Gasteiger partial charge in [0.05, 0.1) is 0 Å². The van der Waals surface area contributed by atoms with E-state index >= 15 is 0 Å². The molecule has 0 fully saturated rings. The van der Waals surface area contributed by atoms with Crippen molar-refractivity contribution >= 4 is 29.1 Å². The second-order valence-electron chi connectivity index (χ2n) is 3.50. The van der Waals surface area contributed by atoms with Crippen LogP contribution in [-0.4, -0.2) is 11.8 Å². The van der Waals surface area contributed by atoms with Crippen molar-refractivity contribution < 1.29 is 14.0 Å². The van der Waals surface area contributed by atoms with Gasteiger partial charge in [0.1, 0.15) is 0 Å². The molecule has 0 aliphatic rings. The highest BCUT2D eigenvalue weighted by atomic mass is 35.5. The lowest BCUT2D eigenvalue weighted by molar-refractivity contribution is 0.0991. The summed E-state index contributed by atoms with van der Waals surface area (Å²) in [6.45, 7) is 0. The summed E-state index contributed by atoms with van der Waals surface area (Å²) in [7, 11) is 0. The lowest BCUT2D eigenvalue weighted by atomic mass is 10.2. The van der Waals surface area contributed by atoms with Gasteiger partial charge in [0.25, 0.3) is 5.91 Å². The maximum atomic E-state index is 11.7. The number of carbonyl (C=O) groups is 2. The summed E-state index contributed by atoms with van der Waals surface area (Å²) in [5.41, 5.74) is 6.00. The summed E-state index contributed by atoms with van der Waals surface area (Å²) >= 11 is 5.57. The first-order valence-electron chi connectivity index (χ1n) is 5.03. The third kappa shape index (κ3) is 2.70. The van der Waals surface area contributed by atoms with Crippen LogP contribution in [-0.2, 0) is 0 Å². The molecule has 2 aromatic rings. The number of nitrogens with one attached hydrogen (secondary N) is 1. The number of carbonyl (C=O) groups excluding carboxylic acids is 2. The molecule has 2 amide bonds. The van der Waals surface area contributed by atoms with Crippen LogP contribution in [0.2, 0.25) is 5.22 Å². The molecule has 0 spiro atoms. The molecule has 3 N–H and O–H groups in total. The van der Waals surface area contributed by atoms with E-state index in [1.54, 1.807) is 12.1 Å². The molecule has 0 aliphatic heterocycles. The van der Waals surface area contributed by atoms with E-state index in [1.165, 1.54) is 24.3 Å². The van der Waals surface area contributed by atoms with Crippen molar-refractivity contribution in [2.75, 3.05) is 5.32 Å². The quantitative estimate of drug-likeness (QED) is 0.892. The van der Waals surface area contributed by atoms with Gasteiger partial charge in [-0.3, -0.25) is 9.59 Å². The normalized spacial score (nSPS) is 10.1. The zero-order chi connectivity index (χ0) is 13.1. The molecule has 6 heteroatoms. The average Bonchev–Trinajstić information content (AvgIpc) is 2.76. The third-order valence-electron chi connectivity index (χ3n) is 2.22. The number of primary amides is 1. The van der Waals surface area contributed by atoms with E-state index in [1.807, 2.05) is 0 Å². The highest BCUT2D eigenvalue weighted by molar-refractivity contribution is 6.29. The Hall–Kier alpha value is -2.27. The monoisotopic (exact) mass is 264 g/mol. The highest BCUT2D eigenvalue weighted by Gasteiger charge is 2.10. The van der Waals surface area contributed by atoms with Gasteiger partial charge in [0, 0.05) is 11.3 Å². The first-order chi connectivity index (χ1) is 8.56. The lowest BCUT2D eigenvalue weighted by Gasteiger charge is -2.03. The van der Waals surface area contributed by atoms with E-state index < -0.39 is 11.8 Å². The Morgan fingerprint density at radius 1 is 1.11 bits per heavy atom. The molecule has 92 valence electrons. The van der Waals surface area contributed by atoms with E-state index in [9.17, 15) is 9.59 Å². The van der Waals surface area contributed by atoms with Crippen molar-refractivity contribution in [1.82, 2.24) is 0 Å². The topological polar surface area (TPSA) is 85.3 Å². The molecule has 0 saturated heterocycles. The average molecular weight is 265 g/mol. The fourth-order valence-electron chi connectivity index (χ4n) is 1.35. The Morgan fingerprint density at radius 3 is 2.28 bits per heavy atom. The van der Waals surface area contributed by atoms with Gasteiger partial charge in [-0.2, -0.15) is 0 Å². The van der Waals surface area contributed by atoms with Crippen LogP contribution in [0.25, 0.3) is 0 Å². The number of hydrogen-bond acceptors (Lipinski definition) is 3. The molecule has 0 aliphatic carbocycles. The Kier molecular flexibility index (Phi) is 3.34. The summed E-state index contributed by atoms with van der Waals surface area (Å²) in [5, 5.41) is 2.74. The molecule has 0 atom stereocenters. The van der Waals surface area contributed by atoms with Crippen LogP contribution in [0.4, 0.5) is 5.69 Å². The predicted molar refractivity (Wildman–Crippen MR) is 66.6 cm³/mol. The van der Waals surface area contributed by atoms with Crippen molar-refractivity contribution in [2.24, 2.45) is 5.73 Å². The summed E-state index contributed by atoms with van der Waals surface area (Å²) in [4.78, 5) is 22.6. The van der Waals surface area contributed by atoms with Crippen LogP contribution in [0.15, 0.2) is 40.8 Å². The van der Waals surface area contributed by atoms with Gasteiger partial charge in [0.2, 0.25) is 5.91 Å². The molecule has 0 unspecified atom stereocenters. The lowest BCUT2D eigenvalue weighted by Crippen LogP contribution is -2.12. The first kappa shape index (κ1) is 12.2. The number of furan rings is 1. The zero-order valence-corrected chi connectivity index (χ0v) is 9.90. The molecule has 1 aromatic carbocycles. The van der Waals surface area contributed by atoms with Gasteiger partial charge in [-0.1, -0.05) is 0 Å². The number of benzene rings is 1. The Balaban J connectivity index is 2.10. The van der Waals surface area contributed by atoms with Crippen molar-refractivity contribution in [2.45, 2.75) is 0 Å². The number of anilines is 1. The van der Waals surface area contributed by atoms with Gasteiger partial charge in [-0.25, -0.2) is 0 Å². The smallest absolute Gasteiger partial charge is 0.291 e. The van der Waals surface area contributed by atoms with Gasteiger partial charge in [-0.05, 0) is 48.0 Å². The van der Waals surface area contributed by atoms with Crippen molar-refractivity contribution in [3.63, 3.8) is 0 Å².